The third kappa shape index (κ3) is 6.82. The van der Waals surface area contributed by atoms with Crippen LogP contribution in [0.5, 0.6) is 0 Å². The van der Waals surface area contributed by atoms with Gasteiger partial charge >= 0.3 is 0 Å². The highest BCUT2D eigenvalue weighted by Crippen LogP contribution is 2.05. The lowest BCUT2D eigenvalue weighted by molar-refractivity contribution is 0.286. The molecule has 0 aliphatic heterocycles. The van der Waals surface area contributed by atoms with Crippen molar-refractivity contribution in [1.29, 1.82) is 0 Å². The molecule has 0 aromatic heterocycles. The van der Waals surface area contributed by atoms with Crippen molar-refractivity contribution in [3.8, 4) is 0 Å². The molecule has 0 spiro atoms. The summed E-state index contributed by atoms with van der Waals surface area (Å²) in [7, 11) is 2.18. The van der Waals surface area contributed by atoms with E-state index in [1.165, 1.54) is 13.0 Å². The molecule has 0 radical (unpaired) electrons. The van der Waals surface area contributed by atoms with E-state index in [0.717, 1.165) is 12.5 Å². The zero-order valence-electron chi connectivity index (χ0n) is 8.10. The SMILES string of the molecule is CCC(C)CN(C)CC(C)Br. The molecule has 1 nitrogen and oxygen atoms in total. The van der Waals surface area contributed by atoms with Gasteiger partial charge in [0.05, 0.1) is 0 Å². The van der Waals surface area contributed by atoms with Crippen LogP contribution in [-0.2, 0) is 0 Å². The summed E-state index contributed by atoms with van der Waals surface area (Å²) in [5.74, 6) is 0.825. The normalized spacial score (nSPS) is 16.9. The maximum atomic E-state index is 3.55. The van der Waals surface area contributed by atoms with Gasteiger partial charge in [-0.2, -0.15) is 0 Å². The molecular weight excluding hydrogens is 202 g/mol. The number of halogens is 1. The van der Waals surface area contributed by atoms with Gasteiger partial charge in [-0.1, -0.05) is 43.1 Å². The predicted octanol–water partition coefficient (Wildman–Crippen LogP) is 2.75. The minimum Gasteiger partial charge on any atom is -0.305 e. The first kappa shape index (κ1) is 11.4. The molecule has 0 aliphatic rings. The quantitative estimate of drug-likeness (QED) is 0.646. The Hall–Kier alpha value is 0.440. The second-order valence-electron chi connectivity index (χ2n) is 3.52. The third-order valence-corrected chi connectivity index (χ3v) is 2.17. The zero-order valence-corrected chi connectivity index (χ0v) is 9.69. The van der Waals surface area contributed by atoms with Crippen molar-refractivity contribution < 1.29 is 0 Å². The van der Waals surface area contributed by atoms with Crippen LogP contribution < -0.4 is 0 Å². The molecule has 2 atom stereocenters. The van der Waals surface area contributed by atoms with Crippen molar-refractivity contribution >= 4 is 15.9 Å². The molecule has 0 saturated carbocycles. The number of hydrogen-bond acceptors (Lipinski definition) is 1. The first-order valence-electron chi connectivity index (χ1n) is 4.38. The van der Waals surface area contributed by atoms with Gasteiger partial charge in [0.25, 0.3) is 0 Å². The molecule has 0 aromatic rings. The Morgan fingerprint density at radius 2 is 1.82 bits per heavy atom. The second kappa shape index (κ2) is 6.01. The van der Waals surface area contributed by atoms with Gasteiger partial charge in [0.1, 0.15) is 0 Å². The van der Waals surface area contributed by atoms with Gasteiger partial charge in [-0.25, -0.2) is 0 Å². The average Bonchev–Trinajstić information content (AvgIpc) is 1.85. The van der Waals surface area contributed by atoms with E-state index in [0.29, 0.717) is 4.83 Å². The van der Waals surface area contributed by atoms with Gasteiger partial charge in [-0.3, -0.25) is 0 Å². The second-order valence-corrected chi connectivity index (χ2v) is 5.08. The lowest BCUT2D eigenvalue weighted by Crippen LogP contribution is -2.28. The molecule has 68 valence electrons. The highest BCUT2D eigenvalue weighted by Gasteiger charge is 2.05. The fraction of sp³-hybridized carbons (Fsp3) is 1.00. The van der Waals surface area contributed by atoms with E-state index in [2.05, 4.69) is 48.6 Å². The van der Waals surface area contributed by atoms with E-state index in [9.17, 15) is 0 Å². The fourth-order valence-corrected chi connectivity index (χ4v) is 1.66. The minimum absolute atomic E-state index is 0.608. The average molecular weight is 222 g/mol. The third-order valence-electron chi connectivity index (χ3n) is 1.88. The molecule has 2 heteroatoms. The van der Waals surface area contributed by atoms with Crippen LogP contribution in [0.3, 0.4) is 0 Å². The van der Waals surface area contributed by atoms with Crippen molar-refractivity contribution in [2.45, 2.75) is 32.0 Å². The van der Waals surface area contributed by atoms with Crippen LogP contribution in [0, 0.1) is 5.92 Å². The highest BCUT2D eigenvalue weighted by molar-refractivity contribution is 9.09. The standard InChI is InChI=1S/C9H20BrN/c1-5-8(2)6-11(4)7-9(3)10/h8-9H,5-7H2,1-4H3. The molecule has 0 fully saturated rings. The summed E-state index contributed by atoms with van der Waals surface area (Å²) in [6.07, 6.45) is 1.28. The predicted molar refractivity (Wildman–Crippen MR) is 55.3 cm³/mol. The smallest absolute Gasteiger partial charge is 0.0244 e. The van der Waals surface area contributed by atoms with Crippen molar-refractivity contribution in [3.05, 3.63) is 0 Å². The van der Waals surface area contributed by atoms with E-state index >= 15 is 0 Å². The van der Waals surface area contributed by atoms with Crippen molar-refractivity contribution in [2.75, 3.05) is 20.1 Å². The van der Waals surface area contributed by atoms with Crippen molar-refractivity contribution in [1.82, 2.24) is 4.90 Å². The molecule has 11 heavy (non-hydrogen) atoms. The maximum Gasteiger partial charge on any atom is 0.0244 e. The van der Waals surface area contributed by atoms with Crippen LogP contribution >= 0.6 is 15.9 Å². The first-order chi connectivity index (χ1) is 5.06. The lowest BCUT2D eigenvalue weighted by atomic mass is 10.1. The van der Waals surface area contributed by atoms with Crippen LogP contribution in [-0.4, -0.2) is 29.9 Å². The minimum atomic E-state index is 0.608. The van der Waals surface area contributed by atoms with Gasteiger partial charge in [0.2, 0.25) is 0 Å². The van der Waals surface area contributed by atoms with Gasteiger partial charge in [0, 0.05) is 17.9 Å². The lowest BCUT2D eigenvalue weighted by Gasteiger charge is -2.21. The molecule has 0 bridgehead atoms. The molecule has 0 rings (SSSR count). The molecule has 0 aromatic carbocycles. The Morgan fingerprint density at radius 1 is 1.27 bits per heavy atom. The number of nitrogens with zero attached hydrogens (tertiary/aromatic N) is 1. The largest absolute Gasteiger partial charge is 0.305 e. The monoisotopic (exact) mass is 221 g/mol. The summed E-state index contributed by atoms with van der Waals surface area (Å²) < 4.78 is 0. The van der Waals surface area contributed by atoms with Crippen LogP contribution in [0.25, 0.3) is 0 Å². The van der Waals surface area contributed by atoms with E-state index in [4.69, 9.17) is 0 Å². The number of rotatable bonds is 5. The molecule has 0 aliphatic carbocycles. The zero-order chi connectivity index (χ0) is 8.85. The molecular formula is C9H20BrN. The van der Waals surface area contributed by atoms with Gasteiger partial charge in [-0.05, 0) is 13.0 Å². The van der Waals surface area contributed by atoms with Crippen LogP contribution in [0.2, 0.25) is 0 Å². The molecule has 2 unspecified atom stereocenters. The Balaban J connectivity index is 3.43. The molecule has 0 amide bonds. The Bertz CT molecular complexity index is 93.6. The van der Waals surface area contributed by atoms with E-state index in [1.807, 2.05) is 0 Å². The molecule has 0 N–H and O–H groups in total. The van der Waals surface area contributed by atoms with Crippen LogP contribution in [0.1, 0.15) is 27.2 Å². The first-order valence-corrected chi connectivity index (χ1v) is 5.30. The molecule has 0 heterocycles. The van der Waals surface area contributed by atoms with Crippen LogP contribution in [0.4, 0.5) is 0 Å². The topological polar surface area (TPSA) is 3.24 Å². The summed E-state index contributed by atoms with van der Waals surface area (Å²) in [5.41, 5.74) is 0. The Morgan fingerprint density at radius 3 is 2.18 bits per heavy atom. The van der Waals surface area contributed by atoms with Gasteiger partial charge in [-0.15, -0.1) is 0 Å². The highest BCUT2D eigenvalue weighted by atomic mass is 79.9. The Labute approximate surface area is 79.3 Å². The van der Waals surface area contributed by atoms with Crippen molar-refractivity contribution in [2.24, 2.45) is 5.92 Å². The summed E-state index contributed by atoms with van der Waals surface area (Å²) in [6.45, 7) is 9.09. The Kier molecular flexibility index (Phi) is 6.25. The summed E-state index contributed by atoms with van der Waals surface area (Å²) in [5, 5.41) is 0. The van der Waals surface area contributed by atoms with Gasteiger partial charge < -0.3 is 4.90 Å². The van der Waals surface area contributed by atoms with E-state index < -0.39 is 0 Å². The number of hydrogen-bond donors (Lipinski definition) is 0. The van der Waals surface area contributed by atoms with E-state index in [-0.39, 0.29) is 0 Å². The molecule has 0 saturated heterocycles. The van der Waals surface area contributed by atoms with Gasteiger partial charge in [0.15, 0.2) is 0 Å². The number of alkyl halides is 1. The van der Waals surface area contributed by atoms with Crippen molar-refractivity contribution in [3.63, 3.8) is 0 Å². The summed E-state index contributed by atoms with van der Waals surface area (Å²) in [6, 6.07) is 0. The fourth-order valence-electron chi connectivity index (χ4n) is 1.17. The maximum absolute atomic E-state index is 3.55. The summed E-state index contributed by atoms with van der Waals surface area (Å²) >= 11 is 3.55. The van der Waals surface area contributed by atoms with Crippen LogP contribution in [0.15, 0.2) is 0 Å². The summed E-state index contributed by atoms with van der Waals surface area (Å²) in [4.78, 5) is 2.99. The van der Waals surface area contributed by atoms with E-state index in [1.54, 1.807) is 0 Å².